The Morgan fingerprint density at radius 2 is 1.79 bits per heavy atom. The number of halogens is 1. The zero-order valence-corrected chi connectivity index (χ0v) is 14.0. The number of carbonyl (C=O) groups excluding carboxylic acids is 2. The van der Waals surface area contributed by atoms with Gasteiger partial charge in [0.15, 0.2) is 6.29 Å². The van der Waals surface area contributed by atoms with Crippen LogP contribution in [0.15, 0.2) is 48.2 Å². The molecule has 4 heteroatoms. The van der Waals surface area contributed by atoms with Crippen LogP contribution in [0.5, 0.6) is 0 Å². The summed E-state index contributed by atoms with van der Waals surface area (Å²) in [6.45, 7) is 0. The van der Waals surface area contributed by atoms with Gasteiger partial charge in [-0.05, 0) is 66.6 Å². The van der Waals surface area contributed by atoms with Crippen molar-refractivity contribution in [3.05, 3.63) is 69.9 Å². The molecule has 3 rings (SSSR count). The number of rotatable bonds is 5. The summed E-state index contributed by atoms with van der Waals surface area (Å²) in [5, 5.41) is 3.79. The van der Waals surface area contributed by atoms with Crippen molar-refractivity contribution in [3.8, 4) is 0 Å². The van der Waals surface area contributed by atoms with Gasteiger partial charge in [-0.1, -0.05) is 35.9 Å². The predicted octanol–water partition coefficient (Wildman–Crippen LogP) is 4.44. The molecule has 24 heavy (non-hydrogen) atoms. The number of hydrogen-bond donors (Lipinski definition) is 1. The van der Waals surface area contributed by atoms with Gasteiger partial charge in [0.1, 0.15) is 0 Å². The second-order valence-corrected chi connectivity index (χ2v) is 6.30. The second kappa shape index (κ2) is 7.45. The van der Waals surface area contributed by atoms with E-state index in [2.05, 4.69) is 11.4 Å². The molecule has 0 amide bonds. The van der Waals surface area contributed by atoms with Crippen LogP contribution in [0.4, 0.5) is 5.69 Å². The average molecular weight is 340 g/mol. The van der Waals surface area contributed by atoms with Crippen molar-refractivity contribution in [2.45, 2.75) is 25.7 Å². The maximum atomic E-state index is 12.0. The van der Waals surface area contributed by atoms with E-state index >= 15 is 0 Å². The fourth-order valence-electron chi connectivity index (χ4n) is 3.00. The van der Waals surface area contributed by atoms with Crippen LogP contribution in [0.3, 0.4) is 0 Å². The van der Waals surface area contributed by atoms with E-state index in [4.69, 9.17) is 11.6 Å². The van der Waals surface area contributed by atoms with Gasteiger partial charge >= 0.3 is 0 Å². The van der Waals surface area contributed by atoms with Gasteiger partial charge in [-0.3, -0.25) is 9.59 Å². The topological polar surface area (TPSA) is 46.2 Å². The second-order valence-electron chi connectivity index (χ2n) is 5.87. The third kappa shape index (κ3) is 3.74. The van der Waals surface area contributed by atoms with Crippen molar-refractivity contribution in [1.82, 2.24) is 0 Å². The number of anilines is 1. The first-order valence-corrected chi connectivity index (χ1v) is 8.40. The molecule has 0 radical (unpaired) electrons. The zero-order valence-electron chi connectivity index (χ0n) is 13.2. The number of benzene rings is 2. The smallest absolute Gasteiger partial charge is 0.241 e. The van der Waals surface area contributed by atoms with Crippen LogP contribution < -0.4 is 5.32 Å². The highest BCUT2D eigenvalue weighted by molar-refractivity contribution is 6.35. The van der Waals surface area contributed by atoms with E-state index in [0.29, 0.717) is 11.3 Å². The molecule has 0 saturated carbocycles. The van der Waals surface area contributed by atoms with Gasteiger partial charge in [0, 0.05) is 10.7 Å². The van der Waals surface area contributed by atoms with Gasteiger partial charge in [0.2, 0.25) is 5.78 Å². The van der Waals surface area contributed by atoms with Crippen LogP contribution in [0.2, 0.25) is 5.02 Å². The molecule has 3 nitrogen and oxygen atoms in total. The minimum Gasteiger partial charge on any atom is -0.352 e. The fraction of sp³-hybridized carbons (Fsp3) is 0.200. The highest BCUT2D eigenvalue weighted by Crippen LogP contribution is 2.29. The lowest BCUT2D eigenvalue weighted by Gasteiger charge is -2.20. The molecule has 0 aromatic heterocycles. The summed E-state index contributed by atoms with van der Waals surface area (Å²) in [7, 11) is 0. The van der Waals surface area contributed by atoms with E-state index in [9.17, 15) is 9.59 Å². The van der Waals surface area contributed by atoms with E-state index in [1.54, 1.807) is 18.2 Å². The summed E-state index contributed by atoms with van der Waals surface area (Å²) in [4.78, 5) is 23.0. The van der Waals surface area contributed by atoms with Crippen LogP contribution in [-0.2, 0) is 22.4 Å². The minimum atomic E-state index is -0.571. The molecule has 0 aliphatic heterocycles. The van der Waals surface area contributed by atoms with Crippen molar-refractivity contribution < 1.29 is 9.59 Å². The number of aryl methyl sites for hydroxylation is 1. The van der Waals surface area contributed by atoms with Crippen LogP contribution in [0, 0.1) is 0 Å². The SMILES string of the molecule is O=CC(=O)/C(=C/c1ccc(Cl)cc1)Nc1cccc2c1CCCC2. The molecule has 1 aliphatic carbocycles. The Hall–Kier alpha value is -2.39. The number of fused-ring (bicyclic) bond motifs is 1. The number of ketones is 1. The maximum absolute atomic E-state index is 12.0. The molecule has 1 N–H and O–H groups in total. The molecule has 122 valence electrons. The number of allylic oxidation sites excluding steroid dienone is 1. The maximum Gasteiger partial charge on any atom is 0.241 e. The van der Waals surface area contributed by atoms with Crippen molar-refractivity contribution >= 4 is 35.4 Å². The Labute approximate surface area is 146 Å². The normalized spacial score (nSPS) is 14.0. The van der Waals surface area contributed by atoms with Crippen LogP contribution in [0.25, 0.3) is 6.08 Å². The lowest BCUT2D eigenvalue weighted by atomic mass is 9.90. The molecule has 2 aromatic rings. The Morgan fingerprint density at radius 3 is 2.54 bits per heavy atom. The van der Waals surface area contributed by atoms with Gasteiger partial charge < -0.3 is 5.32 Å². The van der Waals surface area contributed by atoms with Crippen LogP contribution in [0.1, 0.15) is 29.5 Å². The van der Waals surface area contributed by atoms with Crippen molar-refractivity contribution in [2.24, 2.45) is 0 Å². The van der Waals surface area contributed by atoms with Gasteiger partial charge in [0.25, 0.3) is 0 Å². The highest BCUT2D eigenvalue weighted by Gasteiger charge is 2.16. The molecule has 0 bridgehead atoms. The summed E-state index contributed by atoms with van der Waals surface area (Å²) in [5.41, 5.74) is 4.54. The summed E-state index contributed by atoms with van der Waals surface area (Å²) in [6, 6.07) is 13.2. The number of carbonyl (C=O) groups is 2. The van der Waals surface area contributed by atoms with Crippen LogP contribution >= 0.6 is 11.6 Å². The average Bonchev–Trinajstić information content (AvgIpc) is 2.62. The molecule has 0 atom stereocenters. The monoisotopic (exact) mass is 339 g/mol. The number of nitrogens with one attached hydrogen (secondary N) is 1. The number of aldehydes is 1. The first-order chi connectivity index (χ1) is 11.7. The molecule has 0 saturated heterocycles. The number of hydrogen-bond acceptors (Lipinski definition) is 3. The lowest BCUT2D eigenvalue weighted by molar-refractivity contribution is -0.127. The molecule has 2 aromatic carbocycles. The highest BCUT2D eigenvalue weighted by atomic mass is 35.5. The third-order valence-corrected chi connectivity index (χ3v) is 4.47. The summed E-state index contributed by atoms with van der Waals surface area (Å²) >= 11 is 5.89. The Balaban J connectivity index is 1.95. The largest absolute Gasteiger partial charge is 0.352 e. The van der Waals surface area contributed by atoms with Crippen molar-refractivity contribution in [3.63, 3.8) is 0 Å². The van der Waals surface area contributed by atoms with E-state index < -0.39 is 5.78 Å². The quantitative estimate of drug-likeness (QED) is 0.497. The van der Waals surface area contributed by atoms with E-state index in [1.807, 2.05) is 24.3 Å². The van der Waals surface area contributed by atoms with Crippen molar-refractivity contribution in [2.75, 3.05) is 5.32 Å². The minimum absolute atomic E-state index is 0.270. The molecule has 0 heterocycles. The first-order valence-electron chi connectivity index (χ1n) is 8.02. The molecular weight excluding hydrogens is 322 g/mol. The standard InChI is InChI=1S/C20H18ClNO2/c21-16-10-8-14(9-11-16)12-19(20(24)13-23)22-18-7-3-5-15-4-1-2-6-17(15)18/h3,5,7-13,22H,1-2,4,6H2/b19-12-. The van der Waals surface area contributed by atoms with Crippen LogP contribution in [-0.4, -0.2) is 12.1 Å². The molecule has 0 unspecified atom stereocenters. The third-order valence-electron chi connectivity index (χ3n) is 4.22. The number of Topliss-reactive ketones (excluding diaryl/α,β-unsaturated/α-hetero) is 1. The Kier molecular flexibility index (Phi) is 5.11. The first kappa shape index (κ1) is 16.5. The Morgan fingerprint density at radius 1 is 1.04 bits per heavy atom. The van der Waals surface area contributed by atoms with Gasteiger partial charge in [-0.2, -0.15) is 0 Å². The van der Waals surface area contributed by atoms with Gasteiger partial charge in [-0.15, -0.1) is 0 Å². The van der Waals surface area contributed by atoms with E-state index in [1.165, 1.54) is 17.5 Å². The summed E-state index contributed by atoms with van der Waals surface area (Å²) in [5.74, 6) is -0.571. The molecular formula is C20H18ClNO2. The summed E-state index contributed by atoms with van der Waals surface area (Å²) < 4.78 is 0. The zero-order chi connectivity index (χ0) is 16.9. The molecule has 1 aliphatic rings. The van der Waals surface area contributed by atoms with E-state index in [-0.39, 0.29) is 5.70 Å². The fourth-order valence-corrected chi connectivity index (χ4v) is 3.13. The lowest BCUT2D eigenvalue weighted by Crippen LogP contribution is -2.15. The van der Waals surface area contributed by atoms with Gasteiger partial charge in [0.05, 0.1) is 5.70 Å². The summed E-state index contributed by atoms with van der Waals surface area (Å²) in [6.07, 6.45) is 6.39. The molecule has 0 spiro atoms. The Bertz CT molecular complexity index is 794. The predicted molar refractivity (Wildman–Crippen MR) is 97.2 cm³/mol. The van der Waals surface area contributed by atoms with E-state index in [0.717, 1.165) is 30.5 Å². The van der Waals surface area contributed by atoms with Gasteiger partial charge in [-0.25, -0.2) is 0 Å². The molecule has 0 fully saturated rings. The van der Waals surface area contributed by atoms with Crippen molar-refractivity contribution in [1.29, 1.82) is 0 Å².